The van der Waals surface area contributed by atoms with Gasteiger partial charge in [-0.05, 0) is 35.9 Å². The molecular weight excluding hydrogens is 308 g/mol. The van der Waals surface area contributed by atoms with Crippen LogP contribution < -0.4 is 11.1 Å². The minimum absolute atomic E-state index is 0.237. The van der Waals surface area contributed by atoms with Crippen LogP contribution in [0.25, 0.3) is 22.2 Å². The molecule has 1 amide bonds. The van der Waals surface area contributed by atoms with Crippen LogP contribution in [0.5, 0.6) is 0 Å². The van der Waals surface area contributed by atoms with Gasteiger partial charge in [0.2, 0.25) is 0 Å². The zero-order chi connectivity index (χ0) is 16.5. The van der Waals surface area contributed by atoms with Crippen molar-refractivity contribution in [1.29, 1.82) is 0 Å². The Bertz CT molecular complexity index is 1060. The van der Waals surface area contributed by atoms with Crippen molar-refractivity contribution in [3.8, 4) is 11.1 Å². The molecule has 0 aliphatic carbocycles. The first-order valence-electron chi connectivity index (χ1n) is 7.22. The molecule has 2 aromatic heterocycles. The second kappa shape index (κ2) is 5.54. The summed E-state index contributed by atoms with van der Waals surface area (Å²) in [6.45, 7) is 0. The number of nitrogens with one attached hydrogen (secondary N) is 3. The van der Waals surface area contributed by atoms with E-state index in [9.17, 15) is 9.59 Å². The summed E-state index contributed by atoms with van der Waals surface area (Å²) in [6, 6.07) is 12.2. The van der Waals surface area contributed by atoms with Gasteiger partial charge in [-0.1, -0.05) is 12.1 Å². The van der Waals surface area contributed by atoms with Crippen molar-refractivity contribution in [3.63, 3.8) is 0 Å². The summed E-state index contributed by atoms with van der Waals surface area (Å²) < 4.78 is 4.93. The maximum absolute atomic E-state index is 12.3. The average molecular weight is 320 g/mol. The maximum atomic E-state index is 12.3. The zero-order valence-electron chi connectivity index (χ0n) is 12.4. The molecule has 4 rings (SSSR count). The van der Waals surface area contributed by atoms with Crippen molar-refractivity contribution in [2.24, 2.45) is 0 Å². The third-order valence-electron chi connectivity index (χ3n) is 3.66. The van der Waals surface area contributed by atoms with E-state index < -0.39 is 5.76 Å². The molecule has 0 bridgehead atoms. The van der Waals surface area contributed by atoms with E-state index in [-0.39, 0.29) is 5.91 Å². The lowest BCUT2D eigenvalue weighted by molar-refractivity contribution is 0.102. The fraction of sp³-hybridized carbons (Fsp3) is 0. The van der Waals surface area contributed by atoms with E-state index in [1.807, 2.05) is 12.1 Å². The topological polar surface area (TPSA) is 104 Å². The van der Waals surface area contributed by atoms with E-state index in [2.05, 4.69) is 20.5 Å². The highest BCUT2D eigenvalue weighted by molar-refractivity contribution is 6.05. The van der Waals surface area contributed by atoms with Crippen LogP contribution in [0.1, 0.15) is 10.4 Å². The molecule has 24 heavy (non-hydrogen) atoms. The van der Waals surface area contributed by atoms with E-state index in [0.29, 0.717) is 22.4 Å². The smallest absolute Gasteiger partial charge is 0.408 e. The van der Waals surface area contributed by atoms with Gasteiger partial charge in [-0.15, -0.1) is 0 Å². The zero-order valence-corrected chi connectivity index (χ0v) is 12.4. The molecule has 118 valence electrons. The van der Waals surface area contributed by atoms with Crippen molar-refractivity contribution in [1.82, 2.24) is 15.2 Å². The van der Waals surface area contributed by atoms with Gasteiger partial charge in [0.25, 0.3) is 5.91 Å². The number of hydrogen-bond donors (Lipinski definition) is 3. The molecule has 0 saturated carbocycles. The third-order valence-corrected chi connectivity index (χ3v) is 3.66. The van der Waals surface area contributed by atoms with Crippen molar-refractivity contribution in [3.05, 3.63) is 71.0 Å². The first-order chi connectivity index (χ1) is 11.7. The largest absolute Gasteiger partial charge is 0.417 e. The number of carbonyl (C=O) groups is 1. The molecule has 7 heteroatoms. The molecule has 0 aliphatic rings. The molecule has 2 heterocycles. The van der Waals surface area contributed by atoms with Crippen LogP contribution in [0.2, 0.25) is 0 Å². The predicted molar refractivity (Wildman–Crippen MR) is 88.8 cm³/mol. The molecule has 0 unspecified atom stereocenters. The van der Waals surface area contributed by atoms with Crippen LogP contribution in [0.4, 0.5) is 5.69 Å². The van der Waals surface area contributed by atoms with Crippen molar-refractivity contribution in [2.75, 3.05) is 5.32 Å². The highest BCUT2D eigenvalue weighted by atomic mass is 16.4. The van der Waals surface area contributed by atoms with E-state index in [4.69, 9.17) is 4.42 Å². The highest BCUT2D eigenvalue weighted by Crippen LogP contribution is 2.20. The van der Waals surface area contributed by atoms with Gasteiger partial charge in [-0.3, -0.25) is 14.9 Å². The Balaban J connectivity index is 1.55. The molecule has 0 fully saturated rings. The minimum Gasteiger partial charge on any atom is -0.408 e. The van der Waals surface area contributed by atoms with Gasteiger partial charge in [-0.2, -0.15) is 5.10 Å². The minimum atomic E-state index is -0.525. The summed E-state index contributed by atoms with van der Waals surface area (Å²) in [5.41, 5.74) is 4.01. The van der Waals surface area contributed by atoms with Crippen molar-refractivity contribution >= 4 is 22.7 Å². The maximum Gasteiger partial charge on any atom is 0.417 e. The predicted octanol–water partition coefficient (Wildman–Crippen LogP) is 2.76. The molecule has 2 aromatic carbocycles. The molecule has 0 spiro atoms. The van der Waals surface area contributed by atoms with Gasteiger partial charge in [0.15, 0.2) is 5.58 Å². The van der Waals surface area contributed by atoms with Crippen LogP contribution in [-0.4, -0.2) is 21.1 Å². The third kappa shape index (κ3) is 2.58. The SMILES string of the molecule is O=C(Nc1ccc2oc(=O)[nH]c2c1)c1ccc(-c2cn[nH]c2)cc1. The van der Waals surface area contributed by atoms with Gasteiger partial charge >= 0.3 is 5.76 Å². The first-order valence-corrected chi connectivity index (χ1v) is 7.22. The number of rotatable bonds is 3. The number of oxazole rings is 1. The fourth-order valence-corrected chi connectivity index (χ4v) is 2.46. The van der Waals surface area contributed by atoms with Crippen LogP contribution in [0, 0.1) is 0 Å². The van der Waals surface area contributed by atoms with Gasteiger partial charge in [0, 0.05) is 23.0 Å². The van der Waals surface area contributed by atoms with Crippen LogP contribution in [-0.2, 0) is 0 Å². The Morgan fingerprint density at radius 2 is 1.92 bits per heavy atom. The molecule has 0 atom stereocenters. The summed E-state index contributed by atoms with van der Waals surface area (Å²) >= 11 is 0. The summed E-state index contributed by atoms with van der Waals surface area (Å²) in [4.78, 5) is 26.0. The highest BCUT2D eigenvalue weighted by Gasteiger charge is 2.08. The number of aromatic nitrogens is 3. The molecule has 7 nitrogen and oxygen atoms in total. The molecular formula is C17H12N4O3. The van der Waals surface area contributed by atoms with Crippen LogP contribution >= 0.6 is 0 Å². The lowest BCUT2D eigenvalue weighted by Crippen LogP contribution is -2.11. The van der Waals surface area contributed by atoms with Gasteiger partial charge in [0.1, 0.15) is 0 Å². The van der Waals surface area contributed by atoms with Gasteiger partial charge in [-0.25, -0.2) is 4.79 Å². The number of H-pyrrole nitrogens is 2. The lowest BCUT2D eigenvalue weighted by atomic mass is 10.1. The van der Waals surface area contributed by atoms with E-state index >= 15 is 0 Å². The summed E-state index contributed by atoms with van der Waals surface area (Å²) in [7, 11) is 0. The monoisotopic (exact) mass is 320 g/mol. The second-order valence-electron chi connectivity index (χ2n) is 5.24. The molecule has 0 saturated heterocycles. The van der Waals surface area contributed by atoms with Gasteiger partial charge < -0.3 is 9.73 Å². The Morgan fingerprint density at radius 1 is 1.08 bits per heavy atom. The van der Waals surface area contributed by atoms with E-state index in [0.717, 1.165) is 11.1 Å². The average Bonchev–Trinajstić information content (AvgIpc) is 3.23. The number of nitrogens with zero attached hydrogens (tertiary/aromatic N) is 1. The van der Waals surface area contributed by atoms with Crippen LogP contribution in [0.3, 0.4) is 0 Å². The van der Waals surface area contributed by atoms with E-state index in [1.54, 1.807) is 42.7 Å². The second-order valence-corrected chi connectivity index (χ2v) is 5.24. The number of anilines is 1. The molecule has 0 aliphatic heterocycles. The number of hydrogen-bond acceptors (Lipinski definition) is 4. The Morgan fingerprint density at radius 3 is 2.67 bits per heavy atom. The number of benzene rings is 2. The summed E-state index contributed by atoms with van der Waals surface area (Å²) in [5, 5.41) is 9.45. The Labute approximate surface area is 135 Å². The molecule has 3 N–H and O–H groups in total. The summed E-state index contributed by atoms with van der Waals surface area (Å²) in [6.07, 6.45) is 3.51. The quantitative estimate of drug-likeness (QED) is 0.540. The number of aromatic amines is 2. The Kier molecular flexibility index (Phi) is 3.24. The number of carbonyl (C=O) groups excluding carboxylic acids is 1. The number of amides is 1. The first kappa shape index (κ1) is 14.0. The molecule has 0 radical (unpaired) electrons. The summed E-state index contributed by atoms with van der Waals surface area (Å²) in [5.74, 6) is -0.762. The lowest BCUT2D eigenvalue weighted by Gasteiger charge is -2.06. The molecule has 4 aromatic rings. The van der Waals surface area contributed by atoms with Crippen molar-refractivity contribution < 1.29 is 9.21 Å². The number of fused-ring (bicyclic) bond motifs is 1. The van der Waals surface area contributed by atoms with Crippen LogP contribution in [0.15, 0.2) is 64.1 Å². The van der Waals surface area contributed by atoms with Gasteiger partial charge in [0.05, 0.1) is 11.7 Å². The van der Waals surface area contributed by atoms with E-state index in [1.165, 1.54) is 0 Å². The normalized spacial score (nSPS) is 10.8. The fourth-order valence-electron chi connectivity index (χ4n) is 2.46. The standard InChI is InChI=1S/C17H12N4O3/c22-16(11-3-1-10(2-4-11)12-8-18-19-9-12)20-13-5-6-15-14(7-13)21-17(23)24-15/h1-9H,(H,18,19)(H,20,22)(H,21,23). The Hall–Kier alpha value is -3.61. The van der Waals surface area contributed by atoms with Crippen molar-refractivity contribution in [2.45, 2.75) is 0 Å².